The molecule has 2 unspecified atom stereocenters. The minimum absolute atomic E-state index is 0.206. The molecule has 1 aliphatic rings. The lowest BCUT2D eigenvalue weighted by Crippen LogP contribution is -2.51. The van der Waals surface area contributed by atoms with Gasteiger partial charge in [-0.3, -0.25) is 10.1 Å². The van der Waals surface area contributed by atoms with E-state index in [2.05, 4.69) is 16.8 Å². The average Bonchev–Trinajstić information content (AvgIpc) is 3.01. The van der Waals surface area contributed by atoms with Crippen molar-refractivity contribution in [1.29, 1.82) is 0 Å². The maximum absolute atomic E-state index is 11.5. The summed E-state index contributed by atoms with van der Waals surface area (Å²) in [5.74, 6) is -0.134. The van der Waals surface area contributed by atoms with Crippen LogP contribution in [-0.4, -0.2) is 16.6 Å². The Balaban J connectivity index is 2.14. The molecule has 1 aliphatic carbocycles. The Morgan fingerprint density at radius 2 is 2.39 bits per heavy atom. The summed E-state index contributed by atoms with van der Waals surface area (Å²) in [6.45, 7) is 3.84. The number of hydrogen-bond acceptors (Lipinski definition) is 3. The van der Waals surface area contributed by atoms with Gasteiger partial charge in [-0.2, -0.15) is 0 Å². The minimum atomic E-state index is -0.813. The number of carbonyl (C=O) groups is 1. The van der Waals surface area contributed by atoms with Gasteiger partial charge in [0, 0.05) is 10.9 Å². The summed E-state index contributed by atoms with van der Waals surface area (Å²) in [4.78, 5) is 12.8. The summed E-state index contributed by atoms with van der Waals surface area (Å²) in [6.07, 6.45) is 3.95. The standard InChI is InChI=1S/C14H21NO2S/c1-3-8-14(2,13(16)17)15-12(10-6-7-10)11-5-4-9-18-11/h4-5,9-10,12,15H,3,6-8H2,1-2H3,(H,16,17). The molecule has 1 aromatic rings. The lowest BCUT2D eigenvalue weighted by atomic mass is 9.94. The van der Waals surface area contributed by atoms with Gasteiger partial charge in [-0.15, -0.1) is 11.3 Å². The van der Waals surface area contributed by atoms with Crippen LogP contribution in [0.2, 0.25) is 0 Å². The van der Waals surface area contributed by atoms with Crippen molar-refractivity contribution < 1.29 is 9.90 Å². The molecule has 2 atom stereocenters. The van der Waals surface area contributed by atoms with E-state index in [1.54, 1.807) is 11.3 Å². The minimum Gasteiger partial charge on any atom is -0.480 e. The number of rotatable bonds is 7. The third-order valence-corrected chi connectivity index (χ3v) is 4.59. The highest BCUT2D eigenvalue weighted by Crippen LogP contribution is 2.43. The van der Waals surface area contributed by atoms with E-state index in [1.165, 1.54) is 17.7 Å². The third-order valence-electron chi connectivity index (χ3n) is 3.64. The largest absolute Gasteiger partial charge is 0.480 e. The molecule has 0 saturated heterocycles. The van der Waals surface area contributed by atoms with Crippen molar-refractivity contribution in [3.8, 4) is 0 Å². The highest BCUT2D eigenvalue weighted by Gasteiger charge is 2.40. The van der Waals surface area contributed by atoms with Gasteiger partial charge in [0.2, 0.25) is 0 Å². The Morgan fingerprint density at radius 3 is 2.83 bits per heavy atom. The molecule has 2 rings (SSSR count). The van der Waals surface area contributed by atoms with Crippen LogP contribution >= 0.6 is 11.3 Å². The van der Waals surface area contributed by atoms with Gasteiger partial charge in [0.05, 0.1) is 0 Å². The zero-order chi connectivity index (χ0) is 13.2. The maximum Gasteiger partial charge on any atom is 0.323 e. The van der Waals surface area contributed by atoms with Gasteiger partial charge in [-0.1, -0.05) is 19.4 Å². The van der Waals surface area contributed by atoms with Gasteiger partial charge >= 0.3 is 5.97 Å². The molecule has 0 aromatic carbocycles. The molecule has 0 spiro atoms. The van der Waals surface area contributed by atoms with Crippen LogP contribution in [-0.2, 0) is 4.79 Å². The molecule has 1 heterocycles. The Morgan fingerprint density at radius 1 is 1.67 bits per heavy atom. The van der Waals surface area contributed by atoms with Crippen LogP contribution in [0.15, 0.2) is 17.5 Å². The van der Waals surface area contributed by atoms with E-state index in [-0.39, 0.29) is 6.04 Å². The fourth-order valence-corrected chi connectivity index (χ4v) is 3.27. The number of thiophene rings is 1. The quantitative estimate of drug-likeness (QED) is 0.795. The zero-order valence-electron chi connectivity index (χ0n) is 11.0. The Kier molecular flexibility index (Phi) is 4.07. The second-order valence-electron chi connectivity index (χ2n) is 5.36. The van der Waals surface area contributed by atoms with Gasteiger partial charge in [0.15, 0.2) is 0 Å². The van der Waals surface area contributed by atoms with Crippen molar-refractivity contribution >= 4 is 17.3 Å². The number of aliphatic carboxylic acids is 1. The van der Waals surface area contributed by atoms with Gasteiger partial charge in [0.1, 0.15) is 5.54 Å². The molecule has 18 heavy (non-hydrogen) atoms. The summed E-state index contributed by atoms with van der Waals surface area (Å²) in [5.41, 5.74) is -0.813. The van der Waals surface area contributed by atoms with Crippen molar-refractivity contribution in [3.05, 3.63) is 22.4 Å². The summed E-state index contributed by atoms with van der Waals surface area (Å²) in [5, 5.41) is 14.9. The molecule has 1 aromatic heterocycles. The van der Waals surface area contributed by atoms with Crippen molar-refractivity contribution in [1.82, 2.24) is 5.32 Å². The van der Waals surface area contributed by atoms with Crippen LogP contribution in [0.1, 0.15) is 50.4 Å². The molecule has 4 heteroatoms. The van der Waals surface area contributed by atoms with E-state index in [4.69, 9.17) is 0 Å². The molecular weight excluding hydrogens is 246 g/mol. The Hall–Kier alpha value is -0.870. The molecule has 0 radical (unpaired) electrons. The first-order valence-electron chi connectivity index (χ1n) is 6.61. The van der Waals surface area contributed by atoms with E-state index >= 15 is 0 Å². The monoisotopic (exact) mass is 267 g/mol. The lowest BCUT2D eigenvalue weighted by molar-refractivity contribution is -0.145. The zero-order valence-corrected chi connectivity index (χ0v) is 11.8. The molecule has 3 nitrogen and oxygen atoms in total. The summed E-state index contributed by atoms with van der Waals surface area (Å²) >= 11 is 1.71. The van der Waals surface area contributed by atoms with E-state index in [9.17, 15) is 9.90 Å². The molecule has 0 aliphatic heterocycles. The van der Waals surface area contributed by atoms with Gasteiger partial charge < -0.3 is 5.11 Å². The van der Waals surface area contributed by atoms with Gasteiger partial charge in [-0.05, 0) is 43.6 Å². The molecule has 100 valence electrons. The van der Waals surface area contributed by atoms with Gasteiger partial charge in [-0.25, -0.2) is 0 Å². The molecule has 2 N–H and O–H groups in total. The predicted octanol–water partition coefficient (Wildman–Crippen LogP) is 3.43. The third kappa shape index (κ3) is 2.93. The van der Waals surface area contributed by atoms with Crippen LogP contribution in [0.3, 0.4) is 0 Å². The first-order valence-corrected chi connectivity index (χ1v) is 7.49. The maximum atomic E-state index is 11.5. The average molecular weight is 267 g/mol. The highest BCUT2D eigenvalue weighted by atomic mass is 32.1. The van der Waals surface area contributed by atoms with Crippen molar-refractivity contribution in [2.45, 2.75) is 51.1 Å². The number of nitrogens with one attached hydrogen (secondary N) is 1. The smallest absolute Gasteiger partial charge is 0.323 e. The van der Waals surface area contributed by atoms with Gasteiger partial charge in [0.25, 0.3) is 0 Å². The number of carboxylic acids is 1. The van der Waals surface area contributed by atoms with E-state index < -0.39 is 11.5 Å². The molecular formula is C14H21NO2S. The van der Waals surface area contributed by atoms with E-state index in [0.29, 0.717) is 12.3 Å². The summed E-state index contributed by atoms with van der Waals surface area (Å²) < 4.78 is 0. The predicted molar refractivity (Wildman–Crippen MR) is 73.9 cm³/mol. The first kappa shape index (κ1) is 13.6. The SMILES string of the molecule is CCCC(C)(NC(c1cccs1)C1CC1)C(=O)O. The van der Waals surface area contributed by atoms with Crippen LogP contribution < -0.4 is 5.32 Å². The lowest BCUT2D eigenvalue weighted by Gasteiger charge is -2.31. The molecule has 0 bridgehead atoms. The van der Waals surface area contributed by atoms with Crippen molar-refractivity contribution in [3.63, 3.8) is 0 Å². The van der Waals surface area contributed by atoms with E-state index in [1.807, 2.05) is 19.9 Å². The number of carboxylic acid groups (broad SMARTS) is 1. The van der Waals surface area contributed by atoms with Crippen LogP contribution in [0.4, 0.5) is 0 Å². The fraction of sp³-hybridized carbons (Fsp3) is 0.643. The summed E-state index contributed by atoms with van der Waals surface area (Å²) in [6, 6.07) is 4.35. The molecule has 1 fully saturated rings. The molecule has 0 amide bonds. The second kappa shape index (κ2) is 5.41. The van der Waals surface area contributed by atoms with Crippen molar-refractivity contribution in [2.75, 3.05) is 0 Å². The molecule has 1 saturated carbocycles. The number of hydrogen-bond donors (Lipinski definition) is 2. The normalized spacial score (nSPS) is 20.3. The van der Waals surface area contributed by atoms with Crippen molar-refractivity contribution in [2.24, 2.45) is 5.92 Å². The highest BCUT2D eigenvalue weighted by molar-refractivity contribution is 7.10. The van der Waals surface area contributed by atoms with Crippen LogP contribution in [0.5, 0.6) is 0 Å². The van der Waals surface area contributed by atoms with Crippen LogP contribution in [0.25, 0.3) is 0 Å². The van der Waals surface area contributed by atoms with Crippen LogP contribution in [0, 0.1) is 5.92 Å². The Bertz CT molecular complexity index is 400. The second-order valence-corrected chi connectivity index (χ2v) is 6.34. The van der Waals surface area contributed by atoms with E-state index in [0.717, 1.165) is 6.42 Å². The topological polar surface area (TPSA) is 49.3 Å². The fourth-order valence-electron chi connectivity index (χ4n) is 2.40. The first-order chi connectivity index (χ1) is 8.57. The summed E-state index contributed by atoms with van der Waals surface area (Å²) in [7, 11) is 0. The Labute approximate surface area is 112 Å².